The number of hydrogen-bond acceptors (Lipinski definition) is 0. The third-order valence-electron chi connectivity index (χ3n) is 1.89. The average Bonchev–Trinajstić information content (AvgIpc) is 1.96. The second kappa shape index (κ2) is 7.84. The second-order valence-corrected chi connectivity index (χ2v) is 3.60. The lowest BCUT2D eigenvalue weighted by molar-refractivity contribution is 0.528. The van der Waals surface area contributed by atoms with Crippen molar-refractivity contribution in [2.75, 3.05) is 0 Å². The zero-order valence-corrected chi connectivity index (χ0v) is 8.27. The predicted molar refractivity (Wildman–Crippen MR) is 52.7 cm³/mol. The zero-order valence-electron chi connectivity index (χ0n) is 8.27. The molecule has 0 fully saturated rings. The van der Waals surface area contributed by atoms with Crippen molar-refractivity contribution in [2.24, 2.45) is 5.92 Å². The molecule has 0 aliphatic heterocycles. The van der Waals surface area contributed by atoms with Crippen LogP contribution in [0.2, 0.25) is 0 Å². The van der Waals surface area contributed by atoms with Gasteiger partial charge in [0.1, 0.15) is 0 Å². The highest BCUT2D eigenvalue weighted by molar-refractivity contribution is 4.76. The van der Waals surface area contributed by atoms with Gasteiger partial charge in [0.05, 0.1) is 0 Å². The Balaban J connectivity index is 2.91. The SMILES string of the molecule is C/C=C/CCCCCC(C)C. The molecule has 0 heteroatoms. The molecule has 0 saturated carbocycles. The standard InChI is InChI=1S/C11H22/c1-4-5-6-7-8-9-10-11(2)3/h4-5,11H,6-10H2,1-3H3/b5-4+. The summed E-state index contributed by atoms with van der Waals surface area (Å²) in [6, 6.07) is 0. The van der Waals surface area contributed by atoms with Gasteiger partial charge in [0.25, 0.3) is 0 Å². The molecule has 0 aromatic rings. The van der Waals surface area contributed by atoms with Crippen LogP contribution in [0.1, 0.15) is 52.9 Å². The molecule has 0 heterocycles. The highest BCUT2D eigenvalue weighted by Crippen LogP contribution is 2.09. The molecule has 0 bridgehead atoms. The Bertz CT molecular complexity index is 90.2. The van der Waals surface area contributed by atoms with Crippen LogP contribution in [0.15, 0.2) is 12.2 Å². The fraction of sp³-hybridized carbons (Fsp3) is 0.818. The van der Waals surface area contributed by atoms with E-state index in [4.69, 9.17) is 0 Å². The first kappa shape index (κ1) is 10.7. The molecule has 0 saturated heterocycles. The summed E-state index contributed by atoms with van der Waals surface area (Å²) in [6.45, 7) is 6.69. The Morgan fingerprint density at radius 3 is 2.36 bits per heavy atom. The Morgan fingerprint density at radius 2 is 1.82 bits per heavy atom. The smallest absolute Gasteiger partial charge is 0.0351 e. The van der Waals surface area contributed by atoms with E-state index in [1.807, 2.05) is 0 Å². The first-order valence-corrected chi connectivity index (χ1v) is 4.88. The van der Waals surface area contributed by atoms with E-state index in [1.165, 1.54) is 32.1 Å². The van der Waals surface area contributed by atoms with Gasteiger partial charge in [0.2, 0.25) is 0 Å². The minimum absolute atomic E-state index is 0.886. The normalized spacial score (nSPS) is 11.6. The molecule has 0 aromatic heterocycles. The monoisotopic (exact) mass is 154 g/mol. The van der Waals surface area contributed by atoms with Crippen molar-refractivity contribution in [3.8, 4) is 0 Å². The molecule has 0 nitrogen and oxygen atoms in total. The molecule has 0 amide bonds. The van der Waals surface area contributed by atoms with Gasteiger partial charge in [-0.25, -0.2) is 0 Å². The molecule has 0 N–H and O–H groups in total. The van der Waals surface area contributed by atoms with Crippen LogP contribution in [0.4, 0.5) is 0 Å². The number of allylic oxidation sites excluding steroid dienone is 2. The molecule has 0 atom stereocenters. The largest absolute Gasteiger partial charge is 0.0917 e. The quantitative estimate of drug-likeness (QED) is 0.398. The summed E-state index contributed by atoms with van der Waals surface area (Å²) in [5.41, 5.74) is 0. The molecule has 0 aliphatic carbocycles. The lowest BCUT2D eigenvalue weighted by Gasteiger charge is -2.02. The molecule has 0 unspecified atom stereocenters. The molecular formula is C11H22. The van der Waals surface area contributed by atoms with Crippen molar-refractivity contribution >= 4 is 0 Å². The summed E-state index contributed by atoms with van der Waals surface area (Å²) in [6.07, 6.45) is 11.3. The van der Waals surface area contributed by atoms with Gasteiger partial charge in [-0.3, -0.25) is 0 Å². The maximum Gasteiger partial charge on any atom is -0.0351 e. The van der Waals surface area contributed by atoms with Crippen LogP contribution in [0, 0.1) is 5.92 Å². The molecule has 0 spiro atoms. The lowest BCUT2D eigenvalue weighted by Crippen LogP contribution is -1.86. The zero-order chi connectivity index (χ0) is 8.53. The van der Waals surface area contributed by atoms with Crippen LogP contribution in [0.25, 0.3) is 0 Å². The van der Waals surface area contributed by atoms with E-state index in [-0.39, 0.29) is 0 Å². The fourth-order valence-corrected chi connectivity index (χ4v) is 1.16. The van der Waals surface area contributed by atoms with E-state index in [2.05, 4.69) is 32.9 Å². The van der Waals surface area contributed by atoms with Crippen molar-refractivity contribution in [1.29, 1.82) is 0 Å². The first-order chi connectivity index (χ1) is 5.27. The second-order valence-electron chi connectivity index (χ2n) is 3.60. The summed E-state index contributed by atoms with van der Waals surface area (Å²) in [5, 5.41) is 0. The summed E-state index contributed by atoms with van der Waals surface area (Å²) in [4.78, 5) is 0. The summed E-state index contributed by atoms with van der Waals surface area (Å²) >= 11 is 0. The van der Waals surface area contributed by atoms with Crippen LogP contribution in [0.5, 0.6) is 0 Å². The first-order valence-electron chi connectivity index (χ1n) is 4.88. The third-order valence-corrected chi connectivity index (χ3v) is 1.89. The van der Waals surface area contributed by atoms with Gasteiger partial charge in [-0.05, 0) is 25.7 Å². The van der Waals surface area contributed by atoms with Crippen molar-refractivity contribution in [1.82, 2.24) is 0 Å². The molecule has 11 heavy (non-hydrogen) atoms. The summed E-state index contributed by atoms with van der Waals surface area (Å²) in [5.74, 6) is 0.886. The van der Waals surface area contributed by atoms with Gasteiger partial charge >= 0.3 is 0 Å². The third kappa shape index (κ3) is 9.74. The summed E-state index contributed by atoms with van der Waals surface area (Å²) in [7, 11) is 0. The van der Waals surface area contributed by atoms with Crippen molar-refractivity contribution in [3.05, 3.63) is 12.2 Å². The Hall–Kier alpha value is -0.260. The van der Waals surface area contributed by atoms with Gasteiger partial charge in [-0.2, -0.15) is 0 Å². The Labute approximate surface area is 71.7 Å². The molecule has 0 rings (SSSR count). The van der Waals surface area contributed by atoms with Crippen LogP contribution in [-0.2, 0) is 0 Å². The highest BCUT2D eigenvalue weighted by Gasteiger charge is 1.92. The topological polar surface area (TPSA) is 0 Å². The maximum absolute atomic E-state index is 2.30. The van der Waals surface area contributed by atoms with Gasteiger partial charge in [-0.15, -0.1) is 0 Å². The minimum Gasteiger partial charge on any atom is -0.0917 e. The van der Waals surface area contributed by atoms with Crippen LogP contribution in [-0.4, -0.2) is 0 Å². The summed E-state index contributed by atoms with van der Waals surface area (Å²) < 4.78 is 0. The van der Waals surface area contributed by atoms with E-state index in [9.17, 15) is 0 Å². The number of rotatable bonds is 6. The average molecular weight is 154 g/mol. The van der Waals surface area contributed by atoms with Crippen LogP contribution in [0.3, 0.4) is 0 Å². The van der Waals surface area contributed by atoms with E-state index >= 15 is 0 Å². The Kier molecular flexibility index (Phi) is 7.66. The van der Waals surface area contributed by atoms with E-state index < -0.39 is 0 Å². The Morgan fingerprint density at radius 1 is 1.09 bits per heavy atom. The number of unbranched alkanes of at least 4 members (excludes halogenated alkanes) is 3. The van der Waals surface area contributed by atoms with Gasteiger partial charge in [-0.1, -0.05) is 45.3 Å². The van der Waals surface area contributed by atoms with E-state index in [1.54, 1.807) is 0 Å². The van der Waals surface area contributed by atoms with Gasteiger partial charge in [0, 0.05) is 0 Å². The minimum atomic E-state index is 0.886. The fourth-order valence-electron chi connectivity index (χ4n) is 1.16. The van der Waals surface area contributed by atoms with Crippen LogP contribution >= 0.6 is 0 Å². The lowest BCUT2D eigenvalue weighted by atomic mass is 10.0. The van der Waals surface area contributed by atoms with E-state index in [0.717, 1.165) is 5.92 Å². The number of hydrogen-bond donors (Lipinski definition) is 0. The molecule has 66 valence electrons. The van der Waals surface area contributed by atoms with Crippen LogP contribution < -0.4 is 0 Å². The highest BCUT2D eigenvalue weighted by atomic mass is 14.0. The van der Waals surface area contributed by atoms with E-state index in [0.29, 0.717) is 0 Å². The van der Waals surface area contributed by atoms with Gasteiger partial charge < -0.3 is 0 Å². The predicted octanol–water partition coefficient (Wildman–Crippen LogP) is 4.17. The van der Waals surface area contributed by atoms with Crippen molar-refractivity contribution < 1.29 is 0 Å². The van der Waals surface area contributed by atoms with Crippen molar-refractivity contribution in [2.45, 2.75) is 52.9 Å². The van der Waals surface area contributed by atoms with Crippen molar-refractivity contribution in [3.63, 3.8) is 0 Å². The molecule has 0 radical (unpaired) electrons. The molecule has 0 aromatic carbocycles. The van der Waals surface area contributed by atoms with Gasteiger partial charge in [0.15, 0.2) is 0 Å². The molecular weight excluding hydrogens is 132 g/mol. The maximum atomic E-state index is 2.30. The molecule has 0 aliphatic rings.